The third-order valence-corrected chi connectivity index (χ3v) is 3.79. The van der Waals surface area contributed by atoms with Crippen LogP contribution in [0.4, 0.5) is 4.39 Å². The van der Waals surface area contributed by atoms with E-state index in [-0.39, 0.29) is 30.2 Å². The Balaban J connectivity index is 1.95. The fraction of sp³-hybridized carbons (Fsp3) is 0.467. The average Bonchev–Trinajstić information content (AvgIpc) is 2.46. The van der Waals surface area contributed by atoms with Gasteiger partial charge in [-0.15, -0.1) is 0 Å². The highest BCUT2D eigenvalue weighted by Gasteiger charge is 2.31. The summed E-state index contributed by atoms with van der Waals surface area (Å²) in [5.41, 5.74) is 5.30. The maximum atomic E-state index is 13.4. The number of piperidine rings is 1. The van der Waals surface area contributed by atoms with Gasteiger partial charge in [-0.3, -0.25) is 9.59 Å². The Hall–Kier alpha value is -2.11. The Morgan fingerprint density at radius 1 is 1.38 bits per heavy atom. The van der Waals surface area contributed by atoms with E-state index in [1.54, 1.807) is 17.0 Å². The van der Waals surface area contributed by atoms with Gasteiger partial charge in [-0.05, 0) is 31.9 Å². The second kappa shape index (κ2) is 6.56. The minimum absolute atomic E-state index is 0.0253. The molecule has 1 heterocycles. The molecule has 0 radical (unpaired) electrons. The molecule has 1 aliphatic rings. The highest BCUT2D eigenvalue weighted by Crippen LogP contribution is 2.22. The summed E-state index contributed by atoms with van der Waals surface area (Å²) in [5, 5.41) is 0. The number of carbonyl (C=O) groups excluding carboxylic acids is 2. The van der Waals surface area contributed by atoms with Crippen LogP contribution in [0.5, 0.6) is 5.75 Å². The van der Waals surface area contributed by atoms with Crippen molar-refractivity contribution in [3.05, 3.63) is 30.1 Å². The maximum Gasteiger partial charge on any atom is 0.260 e. The minimum atomic E-state index is -0.507. The van der Waals surface area contributed by atoms with Crippen molar-refractivity contribution in [2.45, 2.75) is 25.8 Å². The molecule has 2 rings (SSSR count). The Kier molecular flexibility index (Phi) is 4.77. The van der Waals surface area contributed by atoms with Crippen LogP contribution in [0.3, 0.4) is 0 Å². The highest BCUT2D eigenvalue weighted by atomic mass is 19.1. The Labute approximate surface area is 122 Å². The topological polar surface area (TPSA) is 72.6 Å². The molecular weight excluding hydrogens is 275 g/mol. The number of para-hydroxylation sites is 1. The summed E-state index contributed by atoms with van der Waals surface area (Å²) < 4.78 is 18.6. The van der Waals surface area contributed by atoms with Crippen LogP contribution < -0.4 is 10.5 Å². The number of nitrogens with two attached hydrogens (primary N) is 1. The number of carbonyl (C=O) groups is 2. The van der Waals surface area contributed by atoms with Gasteiger partial charge in [0.25, 0.3) is 5.91 Å². The molecule has 5 nitrogen and oxygen atoms in total. The summed E-state index contributed by atoms with van der Waals surface area (Å²) in [6, 6.07) is 5.95. The number of benzene rings is 1. The van der Waals surface area contributed by atoms with Crippen molar-refractivity contribution in [2.75, 3.05) is 13.2 Å². The number of rotatable bonds is 4. The number of likely N-dealkylation sites (tertiary alicyclic amines) is 1. The molecule has 2 atom stereocenters. The molecule has 1 saturated heterocycles. The molecular formula is C15H19FN2O3. The van der Waals surface area contributed by atoms with E-state index in [1.165, 1.54) is 12.1 Å². The number of halogens is 1. The van der Waals surface area contributed by atoms with E-state index >= 15 is 0 Å². The number of nitrogens with zero attached hydrogens (tertiary/aromatic N) is 1. The summed E-state index contributed by atoms with van der Waals surface area (Å²) in [7, 11) is 0. The Morgan fingerprint density at radius 3 is 2.76 bits per heavy atom. The summed E-state index contributed by atoms with van der Waals surface area (Å²) in [5.74, 6) is -1.45. The molecule has 0 aliphatic carbocycles. The van der Waals surface area contributed by atoms with Gasteiger partial charge in [0.1, 0.15) is 0 Å². The van der Waals surface area contributed by atoms with Crippen LogP contribution in [0.15, 0.2) is 24.3 Å². The Morgan fingerprint density at radius 2 is 2.10 bits per heavy atom. The third kappa shape index (κ3) is 3.71. The first-order chi connectivity index (χ1) is 9.99. The molecule has 0 unspecified atom stereocenters. The quantitative estimate of drug-likeness (QED) is 0.910. The second-order valence-electron chi connectivity index (χ2n) is 5.29. The smallest absolute Gasteiger partial charge is 0.260 e. The van der Waals surface area contributed by atoms with Crippen LogP contribution >= 0.6 is 0 Å². The normalized spacial score (nSPS) is 21.9. The van der Waals surface area contributed by atoms with Gasteiger partial charge in [0.2, 0.25) is 5.91 Å². The van der Waals surface area contributed by atoms with Crippen LogP contribution in [-0.2, 0) is 9.59 Å². The van der Waals surface area contributed by atoms with Crippen LogP contribution in [0.25, 0.3) is 0 Å². The molecule has 1 aliphatic heterocycles. The van der Waals surface area contributed by atoms with Crippen LogP contribution in [0.1, 0.15) is 19.8 Å². The number of ether oxygens (including phenoxy) is 1. The first-order valence-corrected chi connectivity index (χ1v) is 6.95. The van der Waals surface area contributed by atoms with Gasteiger partial charge in [0, 0.05) is 12.6 Å². The van der Waals surface area contributed by atoms with Gasteiger partial charge in [0.15, 0.2) is 18.2 Å². The molecule has 1 aromatic rings. The lowest BCUT2D eigenvalue weighted by Crippen LogP contribution is -2.50. The van der Waals surface area contributed by atoms with Crippen LogP contribution in [0, 0.1) is 11.7 Å². The van der Waals surface area contributed by atoms with E-state index in [1.807, 2.05) is 6.92 Å². The minimum Gasteiger partial charge on any atom is -0.481 e. The summed E-state index contributed by atoms with van der Waals surface area (Å²) in [4.78, 5) is 25.0. The van der Waals surface area contributed by atoms with Gasteiger partial charge in [0.05, 0.1) is 5.92 Å². The molecule has 0 saturated carbocycles. The van der Waals surface area contributed by atoms with Gasteiger partial charge in [-0.25, -0.2) is 4.39 Å². The average molecular weight is 294 g/mol. The zero-order valence-electron chi connectivity index (χ0n) is 11.9. The van der Waals surface area contributed by atoms with E-state index < -0.39 is 11.7 Å². The van der Waals surface area contributed by atoms with Crippen molar-refractivity contribution in [1.82, 2.24) is 4.90 Å². The number of amides is 2. The van der Waals surface area contributed by atoms with Gasteiger partial charge in [-0.1, -0.05) is 12.1 Å². The predicted molar refractivity (Wildman–Crippen MR) is 75.0 cm³/mol. The zero-order valence-corrected chi connectivity index (χ0v) is 11.9. The SMILES string of the molecule is C[C@H]1CC[C@H](C(N)=O)CN1C(=O)COc1ccccc1F. The van der Waals surface area contributed by atoms with E-state index in [4.69, 9.17) is 10.5 Å². The van der Waals surface area contributed by atoms with Crippen LogP contribution in [-0.4, -0.2) is 35.9 Å². The standard InChI is InChI=1S/C15H19FN2O3/c1-10-6-7-11(15(17)20)8-18(10)14(19)9-21-13-5-3-2-4-12(13)16/h2-5,10-11H,6-9H2,1H3,(H2,17,20)/t10-,11-/m0/s1. The molecule has 2 amide bonds. The number of hydrogen-bond acceptors (Lipinski definition) is 3. The summed E-state index contributed by atoms with van der Waals surface area (Å²) in [6.45, 7) is 1.96. The zero-order chi connectivity index (χ0) is 15.4. The maximum absolute atomic E-state index is 13.4. The first-order valence-electron chi connectivity index (χ1n) is 6.95. The molecule has 6 heteroatoms. The molecule has 1 fully saturated rings. The van der Waals surface area contributed by atoms with Gasteiger partial charge >= 0.3 is 0 Å². The van der Waals surface area contributed by atoms with E-state index in [9.17, 15) is 14.0 Å². The highest BCUT2D eigenvalue weighted by molar-refractivity contribution is 5.81. The van der Waals surface area contributed by atoms with Gasteiger partial charge < -0.3 is 15.4 Å². The molecule has 21 heavy (non-hydrogen) atoms. The van der Waals surface area contributed by atoms with Crippen molar-refractivity contribution >= 4 is 11.8 Å². The van der Waals surface area contributed by atoms with Crippen molar-refractivity contribution in [3.63, 3.8) is 0 Å². The second-order valence-corrected chi connectivity index (χ2v) is 5.29. The molecule has 0 spiro atoms. The van der Waals surface area contributed by atoms with E-state index in [0.717, 1.165) is 6.42 Å². The van der Waals surface area contributed by atoms with Crippen molar-refractivity contribution in [3.8, 4) is 5.75 Å². The lowest BCUT2D eigenvalue weighted by Gasteiger charge is -2.36. The number of primary amides is 1. The monoisotopic (exact) mass is 294 g/mol. The third-order valence-electron chi connectivity index (χ3n) is 3.79. The largest absolute Gasteiger partial charge is 0.481 e. The fourth-order valence-electron chi connectivity index (χ4n) is 2.47. The van der Waals surface area contributed by atoms with Gasteiger partial charge in [-0.2, -0.15) is 0 Å². The van der Waals surface area contributed by atoms with Crippen molar-refractivity contribution in [2.24, 2.45) is 11.7 Å². The molecule has 0 bridgehead atoms. The predicted octanol–water partition coefficient (Wildman–Crippen LogP) is 1.32. The molecule has 2 N–H and O–H groups in total. The lowest BCUT2D eigenvalue weighted by atomic mass is 9.93. The fourth-order valence-corrected chi connectivity index (χ4v) is 2.47. The first kappa shape index (κ1) is 15.3. The molecule has 1 aromatic carbocycles. The Bertz CT molecular complexity index is 535. The van der Waals surface area contributed by atoms with E-state index in [0.29, 0.717) is 13.0 Å². The van der Waals surface area contributed by atoms with Crippen molar-refractivity contribution < 1.29 is 18.7 Å². The summed E-state index contributed by atoms with van der Waals surface area (Å²) in [6.07, 6.45) is 1.41. The number of hydrogen-bond donors (Lipinski definition) is 1. The molecule has 114 valence electrons. The van der Waals surface area contributed by atoms with Crippen LogP contribution in [0.2, 0.25) is 0 Å². The summed E-state index contributed by atoms with van der Waals surface area (Å²) >= 11 is 0. The lowest BCUT2D eigenvalue weighted by molar-refractivity contribution is -0.139. The van der Waals surface area contributed by atoms with Crippen molar-refractivity contribution in [1.29, 1.82) is 0 Å². The molecule has 0 aromatic heterocycles. The van der Waals surface area contributed by atoms with E-state index in [2.05, 4.69) is 0 Å².